The third kappa shape index (κ3) is 5.39. The fraction of sp³-hybridized carbons (Fsp3) is 0.100. The van der Waals surface area contributed by atoms with Crippen LogP contribution in [0.1, 0.15) is 5.69 Å². The predicted molar refractivity (Wildman–Crippen MR) is 110 cm³/mol. The molecule has 0 aliphatic carbocycles. The number of rotatable bonds is 7. The van der Waals surface area contributed by atoms with E-state index in [1.165, 1.54) is 11.8 Å². The molecule has 1 amide bonds. The van der Waals surface area contributed by atoms with Gasteiger partial charge in [-0.25, -0.2) is 5.43 Å². The van der Waals surface area contributed by atoms with Crippen molar-refractivity contribution in [1.82, 2.24) is 9.99 Å². The minimum absolute atomic E-state index is 0.170. The standard InChI is InChI=1S/C20H18ClN3O2S/c1-26-18-8-10-19(11-9-18)27-14-20(25)23-22-13-17-3-2-12-24(17)16-6-4-15(21)5-7-16/h2-13H,14H2,1H3,(H,23,25)/b22-13-. The van der Waals surface area contributed by atoms with E-state index in [-0.39, 0.29) is 11.7 Å². The van der Waals surface area contributed by atoms with Crippen LogP contribution in [0.2, 0.25) is 5.02 Å². The molecule has 27 heavy (non-hydrogen) atoms. The summed E-state index contributed by atoms with van der Waals surface area (Å²) in [5, 5.41) is 4.74. The van der Waals surface area contributed by atoms with Gasteiger partial charge >= 0.3 is 0 Å². The smallest absolute Gasteiger partial charge is 0.250 e. The van der Waals surface area contributed by atoms with Gasteiger partial charge in [-0.05, 0) is 60.7 Å². The zero-order chi connectivity index (χ0) is 19.1. The lowest BCUT2D eigenvalue weighted by Gasteiger charge is -2.06. The number of nitrogens with zero attached hydrogens (tertiary/aromatic N) is 2. The van der Waals surface area contributed by atoms with E-state index in [0.717, 1.165) is 22.0 Å². The number of amides is 1. The summed E-state index contributed by atoms with van der Waals surface area (Å²) in [5.74, 6) is 0.899. The fourth-order valence-electron chi connectivity index (χ4n) is 2.36. The van der Waals surface area contributed by atoms with Crippen LogP contribution >= 0.6 is 23.4 Å². The van der Waals surface area contributed by atoms with Crippen LogP contribution in [0.4, 0.5) is 0 Å². The number of methoxy groups -OCH3 is 1. The van der Waals surface area contributed by atoms with Crippen molar-refractivity contribution in [3.05, 3.63) is 77.6 Å². The Morgan fingerprint density at radius 2 is 1.93 bits per heavy atom. The Kier molecular flexibility index (Phi) is 6.57. The first-order valence-electron chi connectivity index (χ1n) is 8.18. The highest BCUT2D eigenvalue weighted by molar-refractivity contribution is 8.00. The highest BCUT2D eigenvalue weighted by atomic mass is 35.5. The summed E-state index contributed by atoms with van der Waals surface area (Å²) in [5.41, 5.74) is 4.36. The van der Waals surface area contributed by atoms with Crippen LogP contribution in [0.5, 0.6) is 5.75 Å². The normalized spacial score (nSPS) is 10.9. The molecule has 0 aliphatic heterocycles. The van der Waals surface area contributed by atoms with Gasteiger partial charge in [-0.3, -0.25) is 4.79 Å². The zero-order valence-corrected chi connectivity index (χ0v) is 16.2. The molecular weight excluding hydrogens is 382 g/mol. The van der Waals surface area contributed by atoms with Gasteiger partial charge in [-0.15, -0.1) is 11.8 Å². The highest BCUT2D eigenvalue weighted by Gasteiger charge is 2.04. The summed E-state index contributed by atoms with van der Waals surface area (Å²) >= 11 is 7.37. The second kappa shape index (κ2) is 9.30. The Labute approximate surface area is 167 Å². The van der Waals surface area contributed by atoms with E-state index in [0.29, 0.717) is 5.02 Å². The van der Waals surface area contributed by atoms with Crippen molar-refractivity contribution in [2.24, 2.45) is 5.10 Å². The van der Waals surface area contributed by atoms with Crippen LogP contribution in [0.15, 0.2) is 76.9 Å². The SMILES string of the molecule is COc1ccc(SCC(=O)N/N=C\c2cccn2-c2ccc(Cl)cc2)cc1. The van der Waals surface area contributed by atoms with Crippen molar-refractivity contribution in [2.45, 2.75) is 4.90 Å². The molecule has 0 aliphatic rings. The largest absolute Gasteiger partial charge is 0.497 e. The topological polar surface area (TPSA) is 55.6 Å². The van der Waals surface area contributed by atoms with Crippen molar-refractivity contribution < 1.29 is 9.53 Å². The van der Waals surface area contributed by atoms with E-state index in [9.17, 15) is 4.79 Å². The molecule has 5 nitrogen and oxygen atoms in total. The fourth-order valence-corrected chi connectivity index (χ4v) is 3.18. The molecule has 0 fully saturated rings. The number of ether oxygens (including phenoxy) is 1. The number of hydrogen-bond acceptors (Lipinski definition) is 4. The van der Waals surface area contributed by atoms with Gasteiger partial charge in [0.1, 0.15) is 5.75 Å². The second-order valence-electron chi connectivity index (χ2n) is 5.54. The van der Waals surface area contributed by atoms with E-state index >= 15 is 0 Å². The average Bonchev–Trinajstić information content (AvgIpc) is 3.16. The van der Waals surface area contributed by atoms with Gasteiger partial charge < -0.3 is 9.30 Å². The minimum atomic E-state index is -0.170. The maximum atomic E-state index is 12.0. The first kappa shape index (κ1) is 19.1. The van der Waals surface area contributed by atoms with Crippen LogP contribution in [-0.2, 0) is 4.79 Å². The first-order chi connectivity index (χ1) is 13.2. The molecule has 1 aromatic heterocycles. The number of thioether (sulfide) groups is 1. The molecule has 0 saturated heterocycles. The van der Waals surface area contributed by atoms with Crippen molar-refractivity contribution in [2.75, 3.05) is 12.9 Å². The number of hydrogen-bond donors (Lipinski definition) is 1. The van der Waals surface area contributed by atoms with Crippen LogP contribution in [-0.4, -0.2) is 29.6 Å². The van der Waals surface area contributed by atoms with Crippen molar-refractivity contribution in [3.63, 3.8) is 0 Å². The molecule has 3 aromatic rings. The molecule has 1 N–H and O–H groups in total. The molecule has 2 aromatic carbocycles. The molecule has 3 rings (SSSR count). The molecule has 0 bridgehead atoms. The van der Waals surface area contributed by atoms with E-state index in [2.05, 4.69) is 10.5 Å². The Morgan fingerprint density at radius 1 is 1.19 bits per heavy atom. The quantitative estimate of drug-likeness (QED) is 0.364. The summed E-state index contributed by atoms with van der Waals surface area (Å²) in [6.07, 6.45) is 3.54. The molecule has 0 unspecified atom stereocenters. The third-order valence-corrected chi connectivity index (χ3v) is 4.96. The Bertz CT molecular complexity index is 921. The minimum Gasteiger partial charge on any atom is -0.497 e. The molecule has 138 valence electrons. The van der Waals surface area contributed by atoms with Gasteiger partial charge in [-0.1, -0.05) is 11.6 Å². The van der Waals surface area contributed by atoms with E-state index in [4.69, 9.17) is 16.3 Å². The van der Waals surface area contributed by atoms with Crippen LogP contribution in [0.25, 0.3) is 5.69 Å². The molecule has 0 atom stereocenters. The van der Waals surface area contributed by atoms with Gasteiger partial charge in [0, 0.05) is 21.8 Å². The summed E-state index contributed by atoms with van der Waals surface area (Å²) in [7, 11) is 1.62. The number of hydrazone groups is 1. The van der Waals surface area contributed by atoms with Gasteiger partial charge in [0.05, 0.1) is 24.8 Å². The summed E-state index contributed by atoms with van der Waals surface area (Å²) < 4.78 is 7.07. The van der Waals surface area contributed by atoms with E-state index < -0.39 is 0 Å². The predicted octanol–water partition coefficient (Wildman–Crippen LogP) is 4.38. The van der Waals surface area contributed by atoms with Crippen LogP contribution < -0.4 is 10.2 Å². The number of halogens is 1. The average molecular weight is 400 g/mol. The molecule has 0 saturated carbocycles. The monoisotopic (exact) mass is 399 g/mol. The van der Waals surface area contributed by atoms with E-state index in [1.807, 2.05) is 71.4 Å². The van der Waals surface area contributed by atoms with Gasteiger partial charge in [0.2, 0.25) is 5.91 Å². The number of aromatic nitrogens is 1. The first-order valence-corrected chi connectivity index (χ1v) is 9.54. The highest BCUT2D eigenvalue weighted by Crippen LogP contribution is 2.21. The van der Waals surface area contributed by atoms with Gasteiger partial charge in [-0.2, -0.15) is 5.10 Å². The zero-order valence-electron chi connectivity index (χ0n) is 14.6. The Balaban J connectivity index is 1.53. The van der Waals surface area contributed by atoms with Crippen molar-refractivity contribution >= 4 is 35.5 Å². The molecule has 1 heterocycles. The maximum Gasteiger partial charge on any atom is 0.250 e. The molecule has 0 spiro atoms. The van der Waals surface area contributed by atoms with E-state index in [1.54, 1.807) is 13.3 Å². The van der Waals surface area contributed by atoms with Gasteiger partial charge in [0.25, 0.3) is 0 Å². The second-order valence-corrected chi connectivity index (χ2v) is 7.02. The number of benzene rings is 2. The summed E-state index contributed by atoms with van der Waals surface area (Å²) in [6.45, 7) is 0. The number of carbonyl (C=O) groups is 1. The summed E-state index contributed by atoms with van der Waals surface area (Å²) in [6, 6.07) is 18.9. The number of nitrogens with one attached hydrogen (secondary N) is 1. The molecular formula is C20H18ClN3O2S. The maximum absolute atomic E-state index is 12.0. The lowest BCUT2D eigenvalue weighted by atomic mass is 10.3. The Morgan fingerprint density at radius 3 is 2.63 bits per heavy atom. The van der Waals surface area contributed by atoms with Gasteiger partial charge in [0.15, 0.2) is 0 Å². The summed E-state index contributed by atoms with van der Waals surface area (Å²) in [4.78, 5) is 13.0. The lowest BCUT2D eigenvalue weighted by molar-refractivity contribution is -0.118. The van der Waals surface area contributed by atoms with Crippen LogP contribution in [0, 0.1) is 0 Å². The molecule has 7 heteroatoms. The van der Waals surface area contributed by atoms with Crippen molar-refractivity contribution in [3.8, 4) is 11.4 Å². The Hall–Kier alpha value is -2.70. The van der Waals surface area contributed by atoms with Crippen LogP contribution in [0.3, 0.4) is 0 Å². The molecule has 0 radical (unpaired) electrons. The third-order valence-electron chi connectivity index (χ3n) is 3.70. The van der Waals surface area contributed by atoms with Crippen molar-refractivity contribution in [1.29, 1.82) is 0 Å². The number of carbonyl (C=O) groups excluding carboxylic acids is 1. The lowest BCUT2D eigenvalue weighted by Crippen LogP contribution is -2.19.